The van der Waals surface area contributed by atoms with Crippen LogP contribution in [0.3, 0.4) is 0 Å². The number of hydrogen-bond donors (Lipinski definition) is 2. The maximum absolute atomic E-state index is 12.4. The number of hydrogen-bond acceptors (Lipinski definition) is 3. The number of amides is 1. The Balaban J connectivity index is 2.29. The lowest BCUT2D eigenvalue weighted by atomic mass is 9.92. The highest BCUT2D eigenvalue weighted by Crippen LogP contribution is 2.22. The highest BCUT2D eigenvalue weighted by atomic mass is 16.2. The molecule has 20 heavy (non-hydrogen) atoms. The standard InChI is InChI=1S/C14H21N5O/c1-8-12(9(2)17-16-8)15-13(20)10-7-11(14(3,4)5)18-19(10)6/h7H,1-6H3,(H,15,20)(H,16,17). The first-order valence-corrected chi connectivity index (χ1v) is 6.57. The van der Waals surface area contributed by atoms with Crippen LogP contribution in [0.4, 0.5) is 5.69 Å². The molecule has 1 amide bonds. The number of H-pyrrole nitrogens is 1. The Kier molecular flexibility index (Phi) is 3.41. The van der Waals surface area contributed by atoms with Crippen LogP contribution in [0.25, 0.3) is 0 Å². The van der Waals surface area contributed by atoms with Crippen LogP contribution in [0.1, 0.15) is 48.3 Å². The normalized spacial score (nSPS) is 11.7. The van der Waals surface area contributed by atoms with Gasteiger partial charge in [0.25, 0.3) is 5.91 Å². The van der Waals surface area contributed by atoms with Gasteiger partial charge in [0.15, 0.2) is 0 Å². The Morgan fingerprint density at radius 1 is 1.35 bits per heavy atom. The minimum Gasteiger partial charge on any atom is -0.318 e. The van der Waals surface area contributed by atoms with Crippen molar-refractivity contribution in [2.24, 2.45) is 7.05 Å². The number of aryl methyl sites for hydroxylation is 3. The maximum atomic E-state index is 12.4. The van der Waals surface area contributed by atoms with E-state index < -0.39 is 0 Å². The first kappa shape index (κ1) is 14.3. The van der Waals surface area contributed by atoms with Gasteiger partial charge in [-0.3, -0.25) is 14.6 Å². The van der Waals surface area contributed by atoms with Crippen molar-refractivity contribution in [2.45, 2.75) is 40.0 Å². The van der Waals surface area contributed by atoms with E-state index in [1.165, 1.54) is 0 Å². The number of rotatable bonds is 2. The third-order valence-corrected chi connectivity index (χ3v) is 3.25. The molecule has 2 heterocycles. The van der Waals surface area contributed by atoms with Crippen LogP contribution < -0.4 is 5.32 Å². The molecule has 0 saturated heterocycles. The molecule has 6 heteroatoms. The van der Waals surface area contributed by atoms with Gasteiger partial charge in [-0.2, -0.15) is 10.2 Å². The second kappa shape index (κ2) is 4.77. The molecule has 2 aromatic heterocycles. The predicted molar refractivity (Wildman–Crippen MR) is 77.9 cm³/mol. The number of anilines is 1. The molecule has 0 saturated carbocycles. The molecule has 2 N–H and O–H groups in total. The van der Waals surface area contributed by atoms with Gasteiger partial charge in [-0.05, 0) is 19.9 Å². The number of aromatic amines is 1. The second-order valence-electron chi connectivity index (χ2n) is 6.05. The van der Waals surface area contributed by atoms with Crippen LogP contribution in [0.5, 0.6) is 0 Å². The van der Waals surface area contributed by atoms with Crippen LogP contribution >= 0.6 is 0 Å². The minimum absolute atomic E-state index is 0.0856. The van der Waals surface area contributed by atoms with Crippen molar-refractivity contribution in [3.63, 3.8) is 0 Å². The first-order chi connectivity index (χ1) is 9.20. The van der Waals surface area contributed by atoms with E-state index in [2.05, 4.69) is 41.4 Å². The van der Waals surface area contributed by atoms with Crippen molar-refractivity contribution in [3.8, 4) is 0 Å². The summed E-state index contributed by atoms with van der Waals surface area (Å²) in [7, 11) is 1.78. The van der Waals surface area contributed by atoms with Gasteiger partial charge in [-0.15, -0.1) is 0 Å². The second-order valence-corrected chi connectivity index (χ2v) is 6.05. The fourth-order valence-corrected chi connectivity index (χ4v) is 1.96. The molecule has 0 aliphatic carbocycles. The SMILES string of the molecule is Cc1n[nH]c(C)c1NC(=O)c1cc(C(C)(C)C)nn1C. The monoisotopic (exact) mass is 275 g/mol. The Morgan fingerprint density at radius 3 is 2.45 bits per heavy atom. The summed E-state index contributed by atoms with van der Waals surface area (Å²) in [6.45, 7) is 9.94. The molecular formula is C14H21N5O. The van der Waals surface area contributed by atoms with Crippen LogP contribution in [-0.2, 0) is 12.5 Å². The number of carbonyl (C=O) groups excluding carboxylic acids is 1. The van der Waals surface area contributed by atoms with Crippen molar-refractivity contribution in [1.29, 1.82) is 0 Å². The molecular weight excluding hydrogens is 254 g/mol. The molecule has 2 rings (SSSR count). The fraction of sp³-hybridized carbons (Fsp3) is 0.500. The predicted octanol–water partition coefficient (Wildman–Crippen LogP) is 2.31. The smallest absolute Gasteiger partial charge is 0.274 e. The molecule has 0 unspecified atom stereocenters. The minimum atomic E-state index is -0.178. The molecule has 108 valence electrons. The summed E-state index contributed by atoms with van der Waals surface area (Å²) in [4.78, 5) is 12.4. The van der Waals surface area contributed by atoms with Gasteiger partial charge in [0.2, 0.25) is 0 Å². The van der Waals surface area contributed by atoms with Gasteiger partial charge >= 0.3 is 0 Å². The lowest BCUT2D eigenvalue weighted by Crippen LogP contribution is -2.16. The highest BCUT2D eigenvalue weighted by molar-refractivity contribution is 6.03. The van der Waals surface area contributed by atoms with Gasteiger partial charge < -0.3 is 5.32 Å². The van der Waals surface area contributed by atoms with Gasteiger partial charge in [0, 0.05) is 12.5 Å². The van der Waals surface area contributed by atoms with Crippen LogP contribution in [-0.4, -0.2) is 25.9 Å². The number of nitrogens with zero attached hydrogens (tertiary/aromatic N) is 3. The third-order valence-electron chi connectivity index (χ3n) is 3.25. The van der Waals surface area contributed by atoms with E-state index in [0.717, 1.165) is 22.8 Å². The summed E-state index contributed by atoms with van der Waals surface area (Å²) in [6, 6.07) is 1.83. The molecule has 0 bridgehead atoms. The van der Waals surface area contributed by atoms with E-state index in [4.69, 9.17) is 0 Å². The van der Waals surface area contributed by atoms with Gasteiger partial charge in [0.05, 0.1) is 22.8 Å². The molecule has 0 aromatic carbocycles. The Hall–Kier alpha value is -2.11. The van der Waals surface area contributed by atoms with Crippen LogP contribution in [0.15, 0.2) is 6.07 Å². The molecule has 6 nitrogen and oxygen atoms in total. The molecule has 0 aliphatic rings. The average molecular weight is 275 g/mol. The Morgan fingerprint density at radius 2 is 2.00 bits per heavy atom. The molecule has 0 radical (unpaired) electrons. The van der Waals surface area contributed by atoms with Gasteiger partial charge in [0.1, 0.15) is 5.69 Å². The Labute approximate surface area is 118 Å². The van der Waals surface area contributed by atoms with E-state index in [1.54, 1.807) is 11.7 Å². The van der Waals surface area contributed by atoms with Crippen molar-refractivity contribution < 1.29 is 4.79 Å². The van der Waals surface area contributed by atoms with E-state index in [-0.39, 0.29) is 11.3 Å². The number of nitrogens with one attached hydrogen (secondary N) is 2. The molecule has 0 aliphatic heterocycles. The summed E-state index contributed by atoms with van der Waals surface area (Å²) >= 11 is 0. The third kappa shape index (κ3) is 2.59. The van der Waals surface area contributed by atoms with Crippen molar-refractivity contribution in [2.75, 3.05) is 5.32 Å². The maximum Gasteiger partial charge on any atom is 0.274 e. The van der Waals surface area contributed by atoms with E-state index in [1.807, 2.05) is 19.9 Å². The largest absolute Gasteiger partial charge is 0.318 e. The summed E-state index contributed by atoms with van der Waals surface area (Å²) < 4.78 is 1.61. The quantitative estimate of drug-likeness (QED) is 0.883. The lowest BCUT2D eigenvalue weighted by molar-refractivity contribution is 0.101. The Bertz CT molecular complexity index is 626. The van der Waals surface area contributed by atoms with Gasteiger partial charge in [-0.25, -0.2) is 0 Å². The lowest BCUT2D eigenvalue weighted by Gasteiger charge is -2.13. The average Bonchev–Trinajstić information content (AvgIpc) is 2.86. The zero-order chi connectivity index (χ0) is 15.1. The fourth-order valence-electron chi connectivity index (χ4n) is 1.96. The number of carbonyl (C=O) groups is 1. The summed E-state index contributed by atoms with van der Waals surface area (Å²) in [5, 5.41) is 14.2. The van der Waals surface area contributed by atoms with Crippen molar-refractivity contribution in [1.82, 2.24) is 20.0 Å². The van der Waals surface area contributed by atoms with Crippen molar-refractivity contribution in [3.05, 3.63) is 28.8 Å². The molecule has 0 atom stereocenters. The van der Waals surface area contributed by atoms with E-state index >= 15 is 0 Å². The first-order valence-electron chi connectivity index (χ1n) is 6.57. The van der Waals surface area contributed by atoms with Crippen LogP contribution in [0.2, 0.25) is 0 Å². The van der Waals surface area contributed by atoms with E-state index in [9.17, 15) is 4.79 Å². The summed E-state index contributed by atoms with van der Waals surface area (Å²) in [5.41, 5.74) is 3.69. The molecule has 0 spiro atoms. The van der Waals surface area contributed by atoms with Crippen LogP contribution in [0, 0.1) is 13.8 Å². The van der Waals surface area contributed by atoms with Gasteiger partial charge in [-0.1, -0.05) is 20.8 Å². The topological polar surface area (TPSA) is 75.6 Å². The van der Waals surface area contributed by atoms with Crippen molar-refractivity contribution >= 4 is 11.6 Å². The van der Waals surface area contributed by atoms with E-state index in [0.29, 0.717) is 5.69 Å². The zero-order valence-electron chi connectivity index (χ0n) is 12.8. The summed E-state index contributed by atoms with van der Waals surface area (Å²) in [5.74, 6) is -0.178. The molecule has 0 fully saturated rings. The zero-order valence-corrected chi connectivity index (χ0v) is 12.8. The number of aromatic nitrogens is 4. The molecule has 2 aromatic rings. The summed E-state index contributed by atoms with van der Waals surface area (Å²) in [6.07, 6.45) is 0. The highest BCUT2D eigenvalue weighted by Gasteiger charge is 2.22.